The Hall–Kier alpha value is -4.37. The van der Waals surface area contributed by atoms with Gasteiger partial charge in [0.15, 0.2) is 16.6 Å². The van der Waals surface area contributed by atoms with Crippen molar-refractivity contribution in [3.05, 3.63) is 82.9 Å². The standard InChI is InChI=1S/C34H36N2O6S/c1-6-40-24-12-9-22(10-13-24)31(37)29-30(23-11-15-26(27(19-23)41-7-2)42-17-16-20(3)4)36(33(39)32(29)38)34-35-25-14-8-21(5)18-28(25)43-34/h8-15,18-20,30,37H,6-7,16-17H2,1-5H3. The lowest BCUT2D eigenvalue weighted by Crippen LogP contribution is -2.29. The number of aromatic nitrogens is 1. The molecule has 1 N–H and O–H groups in total. The Bertz CT molecular complexity index is 1670. The molecule has 0 bridgehead atoms. The Morgan fingerprint density at radius 1 is 0.953 bits per heavy atom. The van der Waals surface area contributed by atoms with Crippen molar-refractivity contribution in [2.45, 2.75) is 47.1 Å². The number of Topliss-reactive ketones (excluding diaryl/α,β-unsaturated/α-hetero) is 1. The Labute approximate surface area is 255 Å². The van der Waals surface area contributed by atoms with E-state index in [1.807, 2.05) is 39.0 Å². The molecule has 1 saturated heterocycles. The van der Waals surface area contributed by atoms with E-state index in [4.69, 9.17) is 19.2 Å². The number of aliphatic hydroxyl groups is 1. The van der Waals surface area contributed by atoms with Crippen molar-refractivity contribution < 1.29 is 28.9 Å². The second-order valence-corrected chi connectivity index (χ2v) is 11.8. The van der Waals surface area contributed by atoms with Crippen molar-refractivity contribution in [3.8, 4) is 17.2 Å². The Morgan fingerprint density at radius 3 is 2.40 bits per heavy atom. The number of nitrogens with zero attached hydrogens (tertiary/aromatic N) is 2. The molecule has 1 amide bonds. The minimum atomic E-state index is -0.947. The van der Waals surface area contributed by atoms with Crippen LogP contribution in [0.25, 0.3) is 16.0 Å². The number of benzene rings is 3. The van der Waals surface area contributed by atoms with Crippen LogP contribution < -0.4 is 19.1 Å². The number of rotatable bonds is 11. The number of ether oxygens (including phenoxy) is 3. The predicted molar refractivity (Wildman–Crippen MR) is 169 cm³/mol. The summed E-state index contributed by atoms with van der Waals surface area (Å²) >= 11 is 1.33. The van der Waals surface area contributed by atoms with Gasteiger partial charge in [-0.2, -0.15) is 0 Å². The third-order valence-electron chi connectivity index (χ3n) is 7.16. The van der Waals surface area contributed by atoms with Crippen LogP contribution >= 0.6 is 11.3 Å². The second kappa shape index (κ2) is 12.9. The van der Waals surface area contributed by atoms with Crippen LogP contribution in [0.1, 0.15) is 56.8 Å². The van der Waals surface area contributed by atoms with Gasteiger partial charge in [-0.15, -0.1) is 0 Å². The summed E-state index contributed by atoms with van der Waals surface area (Å²) in [5.74, 6) is 0.358. The highest BCUT2D eigenvalue weighted by Crippen LogP contribution is 2.46. The van der Waals surface area contributed by atoms with Crippen LogP contribution in [0.2, 0.25) is 0 Å². The monoisotopic (exact) mass is 600 g/mol. The number of carbonyl (C=O) groups excluding carboxylic acids is 2. The number of anilines is 1. The maximum atomic E-state index is 13.7. The Kier molecular flexibility index (Phi) is 9.01. The van der Waals surface area contributed by atoms with Gasteiger partial charge in [0.25, 0.3) is 5.78 Å². The van der Waals surface area contributed by atoms with Crippen molar-refractivity contribution in [3.63, 3.8) is 0 Å². The SMILES string of the molecule is CCOc1ccc(C(O)=C2C(=O)C(=O)N(c3nc4ccc(C)cc4s3)C2c2ccc(OCCC(C)C)c(OCC)c2)cc1. The summed E-state index contributed by atoms with van der Waals surface area (Å²) in [6.07, 6.45) is 0.882. The normalized spacial score (nSPS) is 16.3. The molecule has 0 saturated carbocycles. The molecule has 5 rings (SSSR count). The van der Waals surface area contributed by atoms with E-state index in [1.54, 1.807) is 42.5 Å². The summed E-state index contributed by atoms with van der Waals surface area (Å²) in [6.45, 7) is 11.4. The zero-order chi connectivity index (χ0) is 30.7. The highest BCUT2D eigenvalue weighted by molar-refractivity contribution is 7.22. The lowest BCUT2D eigenvalue weighted by atomic mass is 9.95. The van der Waals surface area contributed by atoms with Gasteiger partial charge in [-0.05, 0) is 92.8 Å². The van der Waals surface area contributed by atoms with Gasteiger partial charge in [-0.3, -0.25) is 14.5 Å². The smallest absolute Gasteiger partial charge is 0.301 e. The lowest BCUT2D eigenvalue weighted by Gasteiger charge is -2.24. The third-order valence-corrected chi connectivity index (χ3v) is 8.18. The average molecular weight is 601 g/mol. The van der Waals surface area contributed by atoms with E-state index >= 15 is 0 Å². The van der Waals surface area contributed by atoms with Gasteiger partial charge in [-0.1, -0.05) is 37.3 Å². The number of aliphatic hydroxyl groups excluding tert-OH is 1. The summed E-state index contributed by atoms with van der Waals surface area (Å²) in [6, 6.07) is 17.1. The first kappa shape index (κ1) is 30.1. The Balaban J connectivity index is 1.65. The molecule has 1 atom stereocenters. The molecule has 3 aromatic carbocycles. The fourth-order valence-electron chi connectivity index (χ4n) is 4.99. The molecular formula is C34H36N2O6S. The molecular weight excluding hydrogens is 564 g/mol. The van der Waals surface area contributed by atoms with E-state index in [0.717, 1.165) is 22.2 Å². The summed E-state index contributed by atoms with van der Waals surface area (Å²) in [5, 5.41) is 11.9. The van der Waals surface area contributed by atoms with Gasteiger partial charge in [-0.25, -0.2) is 4.98 Å². The first-order chi connectivity index (χ1) is 20.7. The van der Waals surface area contributed by atoms with E-state index in [2.05, 4.69) is 13.8 Å². The van der Waals surface area contributed by atoms with Crippen LogP contribution in [0.5, 0.6) is 17.2 Å². The topological polar surface area (TPSA) is 98.2 Å². The van der Waals surface area contributed by atoms with Crippen LogP contribution in [0, 0.1) is 12.8 Å². The molecule has 1 aliphatic heterocycles. The molecule has 1 fully saturated rings. The van der Waals surface area contributed by atoms with Crippen molar-refractivity contribution in [2.75, 3.05) is 24.7 Å². The molecule has 0 spiro atoms. The van der Waals surface area contributed by atoms with E-state index in [1.165, 1.54) is 16.2 Å². The molecule has 0 radical (unpaired) electrons. The number of fused-ring (bicyclic) bond motifs is 1. The maximum Gasteiger partial charge on any atom is 0.301 e. The molecule has 1 aliphatic rings. The van der Waals surface area contributed by atoms with Gasteiger partial charge in [0.2, 0.25) is 0 Å². The zero-order valence-electron chi connectivity index (χ0n) is 25.0. The van der Waals surface area contributed by atoms with E-state index in [-0.39, 0.29) is 11.3 Å². The first-order valence-corrected chi connectivity index (χ1v) is 15.3. The fraction of sp³-hybridized carbons (Fsp3) is 0.324. The zero-order valence-corrected chi connectivity index (χ0v) is 25.9. The predicted octanol–water partition coefficient (Wildman–Crippen LogP) is 7.45. The third kappa shape index (κ3) is 6.22. The number of ketones is 1. The molecule has 8 nitrogen and oxygen atoms in total. The number of hydrogen-bond acceptors (Lipinski definition) is 8. The first-order valence-electron chi connectivity index (χ1n) is 14.5. The summed E-state index contributed by atoms with van der Waals surface area (Å²) in [7, 11) is 0. The number of thiazole rings is 1. The summed E-state index contributed by atoms with van der Waals surface area (Å²) < 4.78 is 18.4. The molecule has 43 heavy (non-hydrogen) atoms. The molecule has 2 heterocycles. The highest BCUT2D eigenvalue weighted by atomic mass is 32.1. The maximum absolute atomic E-state index is 13.7. The Morgan fingerprint density at radius 2 is 1.70 bits per heavy atom. The quantitative estimate of drug-likeness (QED) is 0.108. The minimum Gasteiger partial charge on any atom is -0.507 e. The molecule has 4 aromatic rings. The molecule has 1 unspecified atom stereocenters. The van der Waals surface area contributed by atoms with Crippen LogP contribution in [-0.4, -0.2) is 41.6 Å². The van der Waals surface area contributed by atoms with Crippen LogP contribution in [0.3, 0.4) is 0 Å². The van der Waals surface area contributed by atoms with Crippen LogP contribution in [0.15, 0.2) is 66.2 Å². The van der Waals surface area contributed by atoms with Gasteiger partial charge in [0, 0.05) is 5.56 Å². The number of hydrogen-bond donors (Lipinski definition) is 1. The second-order valence-electron chi connectivity index (χ2n) is 10.8. The average Bonchev–Trinajstić information content (AvgIpc) is 3.51. The molecule has 9 heteroatoms. The van der Waals surface area contributed by atoms with E-state index in [0.29, 0.717) is 59.2 Å². The van der Waals surface area contributed by atoms with E-state index in [9.17, 15) is 14.7 Å². The fourth-order valence-corrected chi connectivity index (χ4v) is 6.08. The molecule has 224 valence electrons. The minimum absolute atomic E-state index is 0.0273. The van der Waals surface area contributed by atoms with Gasteiger partial charge < -0.3 is 19.3 Å². The number of carbonyl (C=O) groups is 2. The number of aryl methyl sites for hydroxylation is 1. The largest absolute Gasteiger partial charge is 0.507 e. The number of amides is 1. The molecule has 0 aliphatic carbocycles. The van der Waals surface area contributed by atoms with Crippen molar-refractivity contribution in [1.29, 1.82) is 0 Å². The van der Waals surface area contributed by atoms with Crippen LogP contribution in [0.4, 0.5) is 5.13 Å². The van der Waals surface area contributed by atoms with Gasteiger partial charge in [0.1, 0.15) is 11.5 Å². The van der Waals surface area contributed by atoms with Gasteiger partial charge >= 0.3 is 5.91 Å². The van der Waals surface area contributed by atoms with Crippen molar-refractivity contribution in [2.24, 2.45) is 5.92 Å². The highest BCUT2D eigenvalue weighted by Gasteiger charge is 2.48. The van der Waals surface area contributed by atoms with Crippen LogP contribution in [-0.2, 0) is 9.59 Å². The summed E-state index contributed by atoms with van der Waals surface area (Å²) in [4.78, 5) is 33.5. The van der Waals surface area contributed by atoms with Crippen molar-refractivity contribution >= 4 is 44.1 Å². The van der Waals surface area contributed by atoms with Crippen molar-refractivity contribution in [1.82, 2.24) is 4.98 Å². The lowest BCUT2D eigenvalue weighted by molar-refractivity contribution is -0.132. The van der Waals surface area contributed by atoms with Gasteiger partial charge in [0.05, 0.1) is 41.7 Å². The molecule has 1 aromatic heterocycles. The van der Waals surface area contributed by atoms with E-state index < -0.39 is 17.7 Å². The summed E-state index contributed by atoms with van der Waals surface area (Å²) in [5.41, 5.74) is 2.74.